The van der Waals surface area contributed by atoms with Crippen LogP contribution in [0.1, 0.15) is 17.3 Å². The Bertz CT molecular complexity index is 1010. The van der Waals surface area contributed by atoms with Gasteiger partial charge in [-0.25, -0.2) is 13.2 Å². The Morgan fingerprint density at radius 2 is 1.86 bits per heavy atom. The van der Waals surface area contributed by atoms with E-state index in [0.29, 0.717) is 11.4 Å². The van der Waals surface area contributed by atoms with Crippen LogP contribution in [-0.4, -0.2) is 40.1 Å². The Labute approximate surface area is 169 Å². The number of hydrogen-bond donors (Lipinski definition) is 2. The van der Waals surface area contributed by atoms with Crippen molar-refractivity contribution in [3.63, 3.8) is 0 Å². The first-order valence-corrected chi connectivity index (χ1v) is 10.1. The molecule has 9 heteroatoms. The third-order valence-electron chi connectivity index (χ3n) is 3.54. The topological polar surface area (TPSA) is 111 Å². The zero-order chi connectivity index (χ0) is 21.3. The van der Waals surface area contributed by atoms with Gasteiger partial charge in [0.25, 0.3) is 5.91 Å². The number of anilines is 1. The quantitative estimate of drug-likeness (QED) is 0.476. The number of terminal acetylenes is 1. The van der Waals surface area contributed by atoms with Gasteiger partial charge < -0.3 is 14.8 Å². The van der Waals surface area contributed by atoms with Crippen LogP contribution in [0.25, 0.3) is 0 Å². The van der Waals surface area contributed by atoms with Crippen LogP contribution in [-0.2, 0) is 19.6 Å². The number of amides is 1. The summed E-state index contributed by atoms with van der Waals surface area (Å²) >= 11 is 0. The van der Waals surface area contributed by atoms with Crippen molar-refractivity contribution in [3.8, 4) is 18.1 Å². The number of carbonyl (C=O) groups excluding carboxylic acids is 2. The summed E-state index contributed by atoms with van der Waals surface area (Å²) < 4.78 is 36.3. The minimum atomic E-state index is -3.73. The Hall–Kier alpha value is -3.35. The smallest absolute Gasteiger partial charge is 0.344 e. The van der Waals surface area contributed by atoms with Crippen molar-refractivity contribution in [1.29, 1.82) is 0 Å². The van der Waals surface area contributed by atoms with Crippen molar-refractivity contribution in [2.24, 2.45) is 0 Å². The average molecular weight is 416 g/mol. The summed E-state index contributed by atoms with van der Waals surface area (Å²) in [7, 11) is -3.73. The molecule has 0 saturated heterocycles. The number of hydrogen-bond acceptors (Lipinski definition) is 6. The Kier molecular flexibility index (Phi) is 7.77. The second kappa shape index (κ2) is 10.3. The highest BCUT2D eigenvalue weighted by Gasteiger charge is 2.14. The molecule has 0 saturated carbocycles. The van der Waals surface area contributed by atoms with Gasteiger partial charge in [0.15, 0.2) is 6.61 Å². The fourth-order valence-corrected chi connectivity index (χ4v) is 3.15. The zero-order valence-corrected chi connectivity index (χ0v) is 16.5. The molecule has 0 heterocycles. The highest BCUT2D eigenvalue weighted by Crippen LogP contribution is 2.19. The average Bonchev–Trinajstić information content (AvgIpc) is 2.71. The summed E-state index contributed by atoms with van der Waals surface area (Å²) in [4.78, 5) is 23.7. The molecular formula is C20H20N2O6S. The molecule has 0 atom stereocenters. The molecular weight excluding hydrogens is 396 g/mol. The molecule has 0 spiro atoms. The van der Waals surface area contributed by atoms with Gasteiger partial charge in [-0.15, -0.1) is 6.42 Å². The Morgan fingerprint density at radius 3 is 2.52 bits per heavy atom. The highest BCUT2D eigenvalue weighted by molar-refractivity contribution is 7.89. The minimum absolute atomic E-state index is 0.00124. The summed E-state index contributed by atoms with van der Waals surface area (Å²) in [5, 5.41) is 2.68. The first-order valence-electron chi connectivity index (χ1n) is 8.58. The molecule has 1 amide bonds. The van der Waals surface area contributed by atoms with Gasteiger partial charge >= 0.3 is 5.97 Å². The molecule has 0 fully saturated rings. The van der Waals surface area contributed by atoms with Gasteiger partial charge in [0.2, 0.25) is 10.0 Å². The van der Waals surface area contributed by atoms with Gasteiger partial charge in [0.1, 0.15) is 5.75 Å². The van der Waals surface area contributed by atoms with Crippen LogP contribution < -0.4 is 14.8 Å². The maximum Gasteiger partial charge on any atom is 0.344 e. The van der Waals surface area contributed by atoms with E-state index in [1.54, 1.807) is 31.2 Å². The number of ether oxygens (including phenoxy) is 2. The first-order chi connectivity index (χ1) is 13.9. The molecule has 0 aliphatic heterocycles. The maximum absolute atomic E-state index is 12.4. The van der Waals surface area contributed by atoms with Gasteiger partial charge in [-0.3, -0.25) is 4.79 Å². The van der Waals surface area contributed by atoms with Gasteiger partial charge in [-0.2, -0.15) is 4.72 Å². The van der Waals surface area contributed by atoms with Gasteiger partial charge in [-0.05, 0) is 43.3 Å². The molecule has 2 aromatic carbocycles. The summed E-state index contributed by atoms with van der Waals surface area (Å²) in [6.07, 6.45) is 5.05. The fraction of sp³-hybridized carbons (Fsp3) is 0.200. The van der Waals surface area contributed by atoms with E-state index in [1.165, 1.54) is 24.3 Å². The third-order valence-corrected chi connectivity index (χ3v) is 4.96. The van der Waals surface area contributed by atoms with E-state index < -0.39 is 21.9 Å². The van der Waals surface area contributed by atoms with Crippen LogP contribution in [0.15, 0.2) is 53.4 Å². The van der Waals surface area contributed by atoms with Crippen LogP contribution in [0.4, 0.5) is 5.69 Å². The van der Waals surface area contributed by atoms with Crippen LogP contribution in [0.2, 0.25) is 0 Å². The standard InChI is InChI=1S/C20H20N2O6S/c1-3-12-21-29(25,26)18-10-8-15(9-11-18)20(24)22-16-6-5-7-17(13-16)28-14-19(23)27-4-2/h1,5-11,13,21H,4,12,14H2,2H3,(H,22,24). The molecule has 0 radical (unpaired) electrons. The van der Waals surface area contributed by atoms with E-state index in [2.05, 4.69) is 16.0 Å². The van der Waals surface area contributed by atoms with E-state index in [4.69, 9.17) is 15.9 Å². The van der Waals surface area contributed by atoms with E-state index in [1.807, 2.05) is 0 Å². The molecule has 29 heavy (non-hydrogen) atoms. The number of sulfonamides is 1. The number of rotatable bonds is 9. The van der Waals surface area contributed by atoms with Crippen LogP contribution >= 0.6 is 0 Å². The molecule has 0 aliphatic rings. The molecule has 2 aromatic rings. The summed E-state index contributed by atoms with van der Waals surface area (Å²) in [6.45, 7) is 1.59. The summed E-state index contributed by atoms with van der Waals surface area (Å²) in [5.41, 5.74) is 0.711. The predicted octanol–water partition coefficient (Wildman–Crippen LogP) is 1.79. The van der Waals surface area contributed by atoms with Gasteiger partial charge in [0.05, 0.1) is 18.0 Å². The SMILES string of the molecule is C#CCNS(=O)(=O)c1ccc(C(=O)Nc2cccc(OCC(=O)OCC)c2)cc1. The van der Waals surface area contributed by atoms with E-state index in [9.17, 15) is 18.0 Å². The van der Waals surface area contributed by atoms with Crippen LogP contribution in [0.3, 0.4) is 0 Å². The van der Waals surface area contributed by atoms with E-state index in [0.717, 1.165) is 0 Å². The second-order valence-corrected chi connectivity index (χ2v) is 7.40. The lowest BCUT2D eigenvalue weighted by Crippen LogP contribution is -2.24. The molecule has 0 bridgehead atoms. The molecule has 2 N–H and O–H groups in total. The number of benzene rings is 2. The fourth-order valence-electron chi connectivity index (χ4n) is 2.22. The van der Waals surface area contributed by atoms with Crippen molar-refractivity contribution >= 4 is 27.6 Å². The van der Waals surface area contributed by atoms with Crippen molar-refractivity contribution in [1.82, 2.24) is 4.72 Å². The van der Waals surface area contributed by atoms with Crippen molar-refractivity contribution in [2.45, 2.75) is 11.8 Å². The zero-order valence-electron chi connectivity index (χ0n) is 15.7. The molecule has 0 aliphatic carbocycles. The highest BCUT2D eigenvalue weighted by atomic mass is 32.2. The van der Waals surface area contributed by atoms with E-state index >= 15 is 0 Å². The van der Waals surface area contributed by atoms with Crippen molar-refractivity contribution in [3.05, 3.63) is 54.1 Å². The maximum atomic E-state index is 12.4. The van der Waals surface area contributed by atoms with Crippen molar-refractivity contribution < 1.29 is 27.5 Å². The molecule has 0 unspecified atom stereocenters. The molecule has 2 rings (SSSR count). The molecule has 8 nitrogen and oxygen atoms in total. The molecule has 0 aromatic heterocycles. The summed E-state index contributed by atoms with van der Waals surface area (Å²) in [6, 6.07) is 11.9. The van der Waals surface area contributed by atoms with Crippen LogP contribution in [0, 0.1) is 12.3 Å². The largest absolute Gasteiger partial charge is 0.482 e. The Morgan fingerprint density at radius 1 is 1.14 bits per heavy atom. The number of esters is 1. The second-order valence-electron chi connectivity index (χ2n) is 5.63. The first kappa shape index (κ1) is 21.9. The van der Waals surface area contributed by atoms with Crippen LogP contribution in [0.5, 0.6) is 5.75 Å². The molecule has 152 valence electrons. The minimum Gasteiger partial charge on any atom is -0.482 e. The Balaban J connectivity index is 2.02. The number of nitrogens with one attached hydrogen (secondary N) is 2. The normalized spacial score (nSPS) is 10.6. The monoisotopic (exact) mass is 416 g/mol. The third kappa shape index (κ3) is 6.64. The lowest BCUT2D eigenvalue weighted by Gasteiger charge is -2.09. The van der Waals surface area contributed by atoms with E-state index in [-0.39, 0.29) is 30.2 Å². The predicted molar refractivity (Wildman–Crippen MR) is 107 cm³/mol. The number of carbonyl (C=O) groups is 2. The lowest BCUT2D eigenvalue weighted by molar-refractivity contribution is -0.145. The van der Waals surface area contributed by atoms with Gasteiger partial charge in [0, 0.05) is 17.3 Å². The van der Waals surface area contributed by atoms with Crippen molar-refractivity contribution in [2.75, 3.05) is 25.1 Å². The lowest BCUT2D eigenvalue weighted by atomic mass is 10.2. The summed E-state index contributed by atoms with van der Waals surface area (Å²) in [5.74, 6) is 1.64. The van der Waals surface area contributed by atoms with Gasteiger partial charge in [-0.1, -0.05) is 12.0 Å².